The lowest BCUT2D eigenvalue weighted by atomic mass is 9.83. The summed E-state index contributed by atoms with van der Waals surface area (Å²) in [6.07, 6.45) is -4.80. The molecule has 1 aliphatic heterocycles. The quantitative estimate of drug-likeness (QED) is 0.526. The summed E-state index contributed by atoms with van der Waals surface area (Å²) in [5.41, 5.74) is -0.130. The third kappa shape index (κ3) is 4.22. The average Bonchev–Trinajstić information content (AvgIpc) is 2.71. The van der Waals surface area contributed by atoms with Crippen LogP contribution in [0.2, 0.25) is 0 Å². The number of nitrogens with zero attached hydrogens (tertiary/aromatic N) is 1. The molecular weight excluding hydrogens is 402 g/mol. The Kier molecular flexibility index (Phi) is 5.96. The van der Waals surface area contributed by atoms with Gasteiger partial charge in [-0.05, 0) is 24.6 Å². The summed E-state index contributed by atoms with van der Waals surface area (Å²) in [6.45, 7) is 1.40. The normalized spacial score (nSPS) is 17.3. The second-order valence-electron chi connectivity index (χ2n) is 6.94. The van der Waals surface area contributed by atoms with Crippen molar-refractivity contribution in [3.63, 3.8) is 0 Å². The molecule has 0 saturated heterocycles. The fourth-order valence-electron chi connectivity index (χ4n) is 3.59. The average molecular weight is 421 g/mol. The fraction of sp³-hybridized carbons (Fsp3) is 0.273. The SMILES string of the molecule is COC(=O)C1=C(C)N(Cc2ccccc2F)C(=O)C[C@@H]1c1cccc(C(F)(F)F)c1. The molecule has 2 aromatic rings. The van der Waals surface area contributed by atoms with Crippen LogP contribution >= 0.6 is 0 Å². The van der Waals surface area contributed by atoms with Gasteiger partial charge in [0, 0.05) is 23.6 Å². The molecule has 0 unspecified atom stereocenters. The highest BCUT2D eigenvalue weighted by Gasteiger charge is 2.38. The van der Waals surface area contributed by atoms with Crippen LogP contribution in [0.3, 0.4) is 0 Å². The molecule has 8 heteroatoms. The molecule has 0 N–H and O–H groups in total. The van der Waals surface area contributed by atoms with Gasteiger partial charge in [-0.3, -0.25) is 4.79 Å². The molecule has 1 atom stereocenters. The minimum atomic E-state index is -4.56. The Morgan fingerprint density at radius 3 is 2.50 bits per heavy atom. The van der Waals surface area contributed by atoms with Crippen molar-refractivity contribution in [1.29, 1.82) is 0 Å². The van der Waals surface area contributed by atoms with E-state index in [0.29, 0.717) is 0 Å². The zero-order chi connectivity index (χ0) is 22.1. The predicted molar refractivity (Wildman–Crippen MR) is 100 cm³/mol. The number of allylic oxidation sites excluding steroid dienone is 1. The number of esters is 1. The van der Waals surface area contributed by atoms with Crippen LogP contribution in [-0.4, -0.2) is 23.9 Å². The second kappa shape index (κ2) is 8.30. The van der Waals surface area contributed by atoms with E-state index < -0.39 is 35.4 Å². The molecule has 0 bridgehead atoms. The van der Waals surface area contributed by atoms with Crippen LogP contribution < -0.4 is 0 Å². The maximum absolute atomic E-state index is 14.1. The highest BCUT2D eigenvalue weighted by molar-refractivity contribution is 5.95. The predicted octanol–water partition coefficient (Wildman–Crippen LogP) is 4.81. The van der Waals surface area contributed by atoms with Crippen molar-refractivity contribution in [3.8, 4) is 0 Å². The van der Waals surface area contributed by atoms with Gasteiger partial charge in [-0.15, -0.1) is 0 Å². The third-order valence-electron chi connectivity index (χ3n) is 5.13. The van der Waals surface area contributed by atoms with Crippen LogP contribution in [0.15, 0.2) is 59.8 Å². The van der Waals surface area contributed by atoms with E-state index in [-0.39, 0.29) is 35.4 Å². The first kappa shape index (κ1) is 21.5. The first-order valence-electron chi connectivity index (χ1n) is 9.13. The van der Waals surface area contributed by atoms with Crippen molar-refractivity contribution in [2.75, 3.05) is 7.11 Å². The molecule has 158 valence electrons. The first-order valence-corrected chi connectivity index (χ1v) is 9.13. The van der Waals surface area contributed by atoms with Crippen LogP contribution in [0.5, 0.6) is 0 Å². The molecule has 30 heavy (non-hydrogen) atoms. The Morgan fingerprint density at radius 2 is 1.87 bits per heavy atom. The van der Waals surface area contributed by atoms with Gasteiger partial charge in [-0.1, -0.05) is 36.4 Å². The number of carbonyl (C=O) groups is 2. The lowest BCUT2D eigenvalue weighted by Crippen LogP contribution is -2.38. The summed E-state index contributed by atoms with van der Waals surface area (Å²) in [5, 5.41) is 0. The molecule has 0 spiro atoms. The number of carbonyl (C=O) groups excluding carboxylic acids is 2. The maximum Gasteiger partial charge on any atom is 0.416 e. The van der Waals surface area contributed by atoms with Crippen molar-refractivity contribution < 1.29 is 31.9 Å². The molecule has 0 aliphatic carbocycles. The third-order valence-corrected chi connectivity index (χ3v) is 5.13. The van der Waals surface area contributed by atoms with E-state index in [4.69, 9.17) is 4.74 Å². The van der Waals surface area contributed by atoms with Gasteiger partial charge >= 0.3 is 12.1 Å². The monoisotopic (exact) mass is 421 g/mol. The van der Waals surface area contributed by atoms with Crippen LogP contribution in [0.1, 0.15) is 36.0 Å². The molecule has 1 amide bonds. The van der Waals surface area contributed by atoms with Crippen LogP contribution in [0.4, 0.5) is 17.6 Å². The van der Waals surface area contributed by atoms with Gasteiger partial charge in [0.15, 0.2) is 0 Å². The Labute approximate surface area is 170 Å². The summed E-state index contributed by atoms with van der Waals surface area (Å²) in [4.78, 5) is 26.6. The number of methoxy groups -OCH3 is 1. The smallest absolute Gasteiger partial charge is 0.416 e. The molecule has 0 radical (unpaired) electrons. The number of alkyl halides is 3. The number of rotatable bonds is 4. The second-order valence-corrected chi connectivity index (χ2v) is 6.94. The molecule has 0 saturated carbocycles. The minimum Gasteiger partial charge on any atom is -0.466 e. The summed E-state index contributed by atoms with van der Waals surface area (Å²) in [6, 6.07) is 10.5. The van der Waals surface area contributed by atoms with Crippen LogP contribution in [0.25, 0.3) is 0 Å². The molecule has 0 fully saturated rings. The minimum absolute atomic E-state index is 0.0766. The van der Waals surface area contributed by atoms with Gasteiger partial charge in [-0.2, -0.15) is 13.2 Å². The van der Waals surface area contributed by atoms with Crippen molar-refractivity contribution >= 4 is 11.9 Å². The number of hydrogen-bond acceptors (Lipinski definition) is 3. The van der Waals surface area contributed by atoms with Gasteiger partial charge in [-0.25, -0.2) is 9.18 Å². The van der Waals surface area contributed by atoms with Crippen LogP contribution in [-0.2, 0) is 27.0 Å². The Bertz CT molecular complexity index is 1010. The maximum atomic E-state index is 14.1. The van der Waals surface area contributed by atoms with E-state index in [1.54, 1.807) is 6.07 Å². The van der Waals surface area contributed by atoms with E-state index >= 15 is 0 Å². The number of ether oxygens (including phenoxy) is 1. The Balaban J connectivity index is 2.06. The van der Waals surface area contributed by atoms with Crippen molar-refractivity contribution in [3.05, 3.63) is 82.3 Å². The zero-order valence-corrected chi connectivity index (χ0v) is 16.3. The number of halogens is 4. The van der Waals surface area contributed by atoms with Gasteiger partial charge in [0.2, 0.25) is 5.91 Å². The van der Waals surface area contributed by atoms with Crippen molar-refractivity contribution in [1.82, 2.24) is 4.90 Å². The number of hydrogen-bond donors (Lipinski definition) is 0. The largest absolute Gasteiger partial charge is 0.466 e. The summed E-state index contributed by atoms with van der Waals surface area (Å²) in [7, 11) is 1.16. The van der Waals surface area contributed by atoms with E-state index in [0.717, 1.165) is 19.2 Å². The van der Waals surface area contributed by atoms with Crippen molar-refractivity contribution in [2.24, 2.45) is 0 Å². The lowest BCUT2D eigenvalue weighted by Gasteiger charge is -2.34. The standard InChI is InChI=1S/C22H19F4NO3/c1-13-20(21(29)30-2)17(14-7-5-8-16(10-14)22(24,25)26)11-19(28)27(13)12-15-6-3-4-9-18(15)23/h3-10,17H,11-12H2,1-2H3/t17-/m1/s1. The van der Waals surface area contributed by atoms with E-state index in [1.807, 2.05) is 0 Å². The summed E-state index contributed by atoms with van der Waals surface area (Å²) < 4.78 is 58.3. The van der Waals surface area contributed by atoms with Crippen molar-refractivity contribution in [2.45, 2.75) is 32.0 Å². The topological polar surface area (TPSA) is 46.6 Å². The van der Waals surface area contributed by atoms with Crippen LogP contribution in [0, 0.1) is 5.82 Å². The lowest BCUT2D eigenvalue weighted by molar-refractivity contribution is -0.138. The van der Waals surface area contributed by atoms with E-state index in [2.05, 4.69) is 0 Å². The summed E-state index contributed by atoms with van der Waals surface area (Å²) in [5.74, 6) is -2.58. The van der Waals surface area contributed by atoms with Gasteiger partial charge < -0.3 is 9.64 Å². The molecule has 0 aromatic heterocycles. The fourth-order valence-corrected chi connectivity index (χ4v) is 3.59. The van der Waals surface area contributed by atoms with Gasteiger partial charge in [0.25, 0.3) is 0 Å². The molecule has 4 nitrogen and oxygen atoms in total. The zero-order valence-electron chi connectivity index (χ0n) is 16.3. The van der Waals surface area contributed by atoms with Gasteiger partial charge in [0.1, 0.15) is 5.82 Å². The first-order chi connectivity index (χ1) is 14.1. The van der Waals surface area contributed by atoms with E-state index in [9.17, 15) is 27.2 Å². The summed E-state index contributed by atoms with van der Waals surface area (Å²) >= 11 is 0. The molecule has 2 aromatic carbocycles. The van der Waals surface area contributed by atoms with E-state index in [1.165, 1.54) is 42.2 Å². The number of amides is 1. The Hall–Kier alpha value is -3.16. The highest BCUT2D eigenvalue weighted by atomic mass is 19.4. The molecular formula is C22H19F4NO3. The highest BCUT2D eigenvalue weighted by Crippen LogP contribution is 2.39. The molecule has 1 heterocycles. The Morgan fingerprint density at radius 1 is 1.17 bits per heavy atom. The molecule has 1 aliphatic rings. The van der Waals surface area contributed by atoms with Gasteiger partial charge in [0.05, 0.1) is 24.8 Å². The number of benzene rings is 2. The molecule has 3 rings (SSSR count).